The molecule has 1 aromatic heterocycles. The number of carbonyl (C=O) groups excluding carboxylic acids is 2. The van der Waals surface area contributed by atoms with Crippen LogP contribution in [0.3, 0.4) is 0 Å². The summed E-state index contributed by atoms with van der Waals surface area (Å²) in [4.78, 5) is 35.5. The second-order valence-corrected chi connectivity index (χ2v) is 8.89. The second-order valence-electron chi connectivity index (χ2n) is 8.45. The fraction of sp³-hybridized carbons (Fsp3) is 0.375. The Morgan fingerprint density at radius 1 is 1.03 bits per heavy atom. The molecule has 7 nitrogen and oxygen atoms in total. The Morgan fingerprint density at radius 3 is 2.38 bits per heavy atom. The summed E-state index contributed by atoms with van der Waals surface area (Å²) >= 11 is 5.93. The first kappa shape index (κ1) is 22.3. The summed E-state index contributed by atoms with van der Waals surface area (Å²) in [5.41, 5.74) is 3.45. The molecule has 0 aliphatic carbocycles. The summed E-state index contributed by atoms with van der Waals surface area (Å²) in [6.45, 7) is 3.73. The van der Waals surface area contributed by atoms with E-state index >= 15 is 0 Å². The van der Waals surface area contributed by atoms with Crippen molar-refractivity contribution in [2.75, 3.05) is 40.3 Å². The van der Waals surface area contributed by atoms with Gasteiger partial charge < -0.3 is 14.4 Å². The van der Waals surface area contributed by atoms with Crippen LogP contribution in [-0.2, 0) is 24.8 Å². The Kier molecular flexibility index (Phi) is 6.48. The van der Waals surface area contributed by atoms with Gasteiger partial charge in [0.25, 0.3) is 5.91 Å². The van der Waals surface area contributed by atoms with Crippen LogP contribution in [-0.4, -0.2) is 76.3 Å². The van der Waals surface area contributed by atoms with Gasteiger partial charge in [0.1, 0.15) is 5.82 Å². The molecule has 4 rings (SSSR count). The molecule has 0 unspecified atom stereocenters. The summed E-state index contributed by atoms with van der Waals surface area (Å²) in [6.07, 6.45) is 0.399. The van der Waals surface area contributed by atoms with Crippen molar-refractivity contribution in [1.29, 1.82) is 0 Å². The van der Waals surface area contributed by atoms with Crippen LogP contribution < -0.4 is 0 Å². The Balaban J connectivity index is 1.37. The van der Waals surface area contributed by atoms with Crippen LogP contribution in [0.15, 0.2) is 42.5 Å². The fourth-order valence-corrected chi connectivity index (χ4v) is 4.15. The van der Waals surface area contributed by atoms with Gasteiger partial charge in [0.2, 0.25) is 5.91 Å². The van der Waals surface area contributed by atoms with E-state index in [4.69, 9.17) is 16.6 Å². The number of halogens is 1. The molecule has 0 atom stereocenters. The van der Waals surface area contributed by atoms with E-state index < -0.39 is 0 Å². The minimum Gasteiger partial charge on any atom is -0.345 e. The quantitative estimate of drug-likeness (QED) is 0.596. The van der Waals surface area contributed by atoms with Gasteiger partial charge in [-0.25, -0.2) is 4.98 Å². The molecule has 8 heteroatoms. The Hall–Kier alpha value is -2.90. The molecule has 1 aliphatic heterocycles. The third kappa shape index (κ3) is 4.79. The lowest BCUT2D eigenvalue weighted by molar-refractivity contribution is -0.132. The number of piperazine rings is 1. The molecular weight excluding hydrogens is 426 g/mol. The second kappa shape index (κ2) is 9.30. The maximum Gasteiger partial charge on any atom is 0.253 e. The Bertz CT molecular complexity index is 1130. The summed E-state index contributed by atoms with van der Waals surface area (Å²) in [5.74, 6) is 1.07. The zero-order valence-electron chi connectivity index (χ0n) is 18.7. The standard InChI is InChI=1S/C24H28ClN5O2/c1-27(2)24(32)18-6-9-21-20(15-18)26-22(28(21)3)16-29-10-12-30(13-11-29)23(31)14-17-4-7-19(25)8-5-17/h4-9,15H,10-14,16H2,1-3H3. The van der Waals surface area contributed by atoms with Crippen molar-refractivity contribution >= 4 is 34.4 Å². The van der Waals surface area contributed by atoms with E-state index in [0.29, 0.717) is 36.6 Å². The molecule has 0 spiro atoms. The fourth-order valence-electron chi connectivity index (χ4n) is 4.03. The number of rotatable bonds is 5. The van der Waals surface area contributed by atoms with Crippen LogP contribution in [0, 0.1) is 0 Å². The monoisotopic (exact) mass is 453 g/mol. The molecule has 1 aliphatic rings. The topological polar surface area (TPSA) is 61.7 Å². The van der Waals surface area contributed by atoms with E-state index in [9.17, 15) is 9.59 Å². The van der Waals surface area contributed by atoms with Crippen molar-refractivity contribution in [2.45, 2.75) is 13.0 Å². The molecule has 0 bridgehead atoms. The van der Waals surface area contributed by atoms with E-state index in [2.05, 4.69) is 9.47 Å². The van der Waals surface area contributed by atoms with Crippen LogP contribution in [0.5, 0.6) is 0 Å². The number of carbonyl (C=O) groups is 2. The zero-order valence-corrected chi connectivity index (χ0v) is 19.5. The number of imidazole rings is 1. The van der Waals surface area contributed by atoms with Crippen molar-refractivity contribution in [1.82, 2.24) is 24.3 Å². The molecule has 3 aromatic rings. The number of benzene rings is 2. The normalized spacial score (nSPS) is 14.7. The molecule has 1 fully saturated rings. The minimum atomic E-state index is -0.0292. The predicted molar refractivity (Wildman–Crippen MR) is 126 cm³/mol. The van der Waals surface area contributed by atoms with Crippen LogP contribution in [0.4, 0.5) is 0 Å². The molecule has 32 heavy (non-hydrogen) atoms. The predicted octanol–water partition coefficient (Wildman–Crippen LogP) is 2.82. The van der Waals surface area contributed by atoms with Gasteiger partial charge in [0.15, 0.2) is 0 Å². The van der Waals surface area contributed by atoms with E-state index in [1.165, 1.54) is 0 Å². The summed E-state index contributed by atoms with van der Waals surface area (Å²) in [5, 5.41) is 0.678. The number of aryl methyl sites for hydroxylation is 1. The lowest BCUT2D eigenvalue weighted by Crippen LogP contribution is -2.48. The van der Waals surface area contributed by atoms with Gasteiger partial charge in [0, 0.05) is 57.9 Å². The van der Waals surface area contributed by atoms with E-state index in [-0.39, 0.29) is 11.8 Å². The molecule has 0 radical (unpaired) electrons. The zero-order chi connectivity index (χ0) is 22.8. The number of fused-ring (bicyclic) bond motifs is 1. The highest BCUT2D eigenvalue weighted by atomic mass is 35.5. The smallest absolute Gasteiger partial charge is 0.253 e. The van der Waals surface area contributed by atoms with Crippen LogP contribution >= 0.6 is 11.6 Å². The largest absolute Gasteiger partial charge is 0.345 e. The molecule has 1 saturated heterocycles. The van der Waals surface area contributed by atoms with Crippen molar-refractivity contribution in [3.8, 4) is 0 Å². The molecule has 2 amide bonds. The molecule has 168 valence electrons. The van der Waals surface area contributed by atoms with Gasteiger partial charge in [-0.2, -0.15) is 0 Å². The number of hydrogen-bond acceptors (Lipinski definition) is 4. The number of nitrogens with zero attached hydrogens (tertiary/aromatic N) is 5. The van der Waals surface area contributed by atoms with Gasteiger partial charge in [-0.3, -0.25) is 14.5 Å². The third-order valence-corrected chi connectivity index (χ3v) is 6.24. The summed E-state index contributed by atoms with van der Waals surface area (Å²) in [7, 11) is 5.50. The Labute approximate surface area is 193 Å². The SMILES string of the molecule is CN(C)C(=O)c1ccc2c(c1)nc(CN1CCN(C(=O)Cc3ccc(Cl)cc3)CC1)n2C. The summed E-state index contributed by atoms with van der Waals surface area (Å²) in [6, 6.07) is 13.1. The van der Waals surface area contributed by atoms with Gasteiger partial charge in [0.05, 0.1) is 24.0 Å². The molecule has 2 aromatic carbocycles. The van der Waals surface area contributed by atoms with Gasteiger partial charge in [-0.15, -0.1) is 0 Å². The molecule has 0 N–H and O–H groups in total. The number of amides is 2. The molecule has 0 saturated carbocycles. The average Bonchev–Trinajstić information content (AvgIpc) is 3.09. The van der Waals surface area contributed by atoms with Crippen LogP contribution in [0.2, 0.25) is 5.02 Å². The first-order valence-electron chi connectivity index (χ1n) is 10.7. The highest BCUT2D eigenvalue weighted by Crippen LogP contribution is 2.19. The average molecular weight is 454 g/mol. The van der Waals surface area contributed by atoms with Crippen LogP contribution in [0.1, 0.15) is 21.7 Å². The van der Waals surface area contributed by atoms with E-state index in [0.717, 1.165) is 35.5 Å². The lowest BCUT2D eigenvalue weighted by atomic mass is 10.1. The highest BCUT2D eigenvalue weighted by Gasteiger charge is 2.23. The first-order chi connectivity index (χ1) is 15.3. The minimum absolute atomic E-state index is 0.0292. The van der Waals surface area contributed by atoms with Crippen molar-refractivity contribution in [2.24, 2.45) is 7.05 Å². The van der Waals surface area contributed by atoms with Gasteiger partial charge in [-0.1, -0.05) is 23.7 Å². The van der Waals surface area contributed by atoms with E-state index in [1.54, 1.807) is 19.0 Å². The number of aromatic nitrogens is 2. The summed E-state index contributed by atoms with van der Waals surface area (Å²) < 4.78 is 2.08. The van der Waals surface area contributed by atoms with Crippen molar-refractivity contribution < 1.29 is 9.59 Å². The van der Waals surface area contributed by atoms with Gasteiger partial charge in [-0.05, 0) is 35.9 Å². The van der Waals surface area contributed by atoms with E-state index in [1.807, 2.05) is 54.4 Å². The molecular formula is C24H28ClN5O2. The maximum atomic E-state index is 12.7. The van der Waals surface area contributed by atoms with Crippen molar-refractivity contribution in [3.63, 3.8) is 0 Å². The van der Waals surface area contributed by atoms with Crippen molar-refractivity contribution in [3.05, 3.63) is 64.4 Å². The maximum absolute atomic E-state index is 12.7. The Morgan fingerprint density at radius 2 is 1.72 bits per heavy atom. The molecule has 2 heterocycles. The third-order valence-electron chi connectivity index (χ3n) is 5.99. The van der Waals surface area contributed by atoms with Crippen LogP contribution in [0.25, 0.3) is 11.0 Å². The van der Waals surface area contributed by atoms with Gasteiger partial charge >= 0.3 is 0 Å². The highest BCUT2D eigenvalue weighted by molar-refractivity contribution is 6.30. The lowest BCUT2D eigenvalue weighted by Gasteiger charge is -2.34. The number of hydrogen-bond donors (Lipinski definition) is 0. The first-order valence-corrected chi connectivity index (χ1v) is 11.1.